The highest BCUT2D eigenvalue weighted by Crippen LogP contribution is 2.16. The summed E-state index contributed by atoms with van der Waals surface area (Å²) in [5.41, 5.74) is 2.04. The van der Waals surface area contributed by atoms with E-state index in [9.17, 15) is 0 Å². The van der Waals surface area contributed by atoms with Gasteiger partial charge < -0.3 is 15.0 Å². The Morgan fingerprint density at radius 2 is 2.05 bits per heavy atom. The van der Waals surface area contributed by atoms with Crippen molar-refractivity contribution in [3.63, 3.8) is 0 Å². The molecule has 1 aromatic rings. The van der Waals surface area contributed by atoms with Gasteiger partial charge in [0.05, 0.1) is 19.3 Å². The first kappa shape index (κ1) is 14.2. The van der Waals surface area contributed by atoms with E-state index in [1.54, 1.807) is 0 Å². The quantitative estimate of drug-likeness (QED) is 0.888. The number of nitrogens with zero attached hydrogens (tertiary/aromatic N) is 3. The lowest BCUT2D eigenvalue weighted by atomic mass is 10.2. The fourth-order valence-corrected chi connectivity index (χ4v) is 2.29. The van der Waals surface area contributed by atoms with Crippen LogP contribution in [0.2, 0.25) is 0 Å². The molecule has 5 heteroatoms. The molecule has 19 heavy (non-hydrogen) atoms. The van der Waals surface area contributed by atoms with Crippen molar-refractivity contribution in [2.24, 2.45) is 0 Å². The third-order valence-electron chi connectivity index (χ3n) is 3.22. The van der Waals surface area contributed by atoms with Crippen LogP contribution in [0.3, 0.4) is 0 Å². The molecule has 0 aliphatic carbocycles. The molecule has 1 atom stereocenters. The first-order valence-corrected chi connectivity index (χ1v) is 6.96. The lowest BCUT2D eigenvalue weighted by Gasteiger charge is -2.36. The maximum absolute atomic E-state index is 5.59. The lowest BCUT2D eigenvalue weighted by Crippen LogP contribution is -2.52. The number of morpholine rings is 1. The second-order valence-corrected chi connectivity index (χ2v) is 5.44. The zero-order chi connectivity index (χ0) is 13.8. The van der Waals surface area contributed by atoms with Gasteiger partial charge in [0.25, 0.3) is 0 Å². The molecule has 2 rings (SSSR count). The molecule has 2 heterocycles. The van der Waals surface area contributed by atoms with Gasteiger partial charge in [0.2, 0.25) is 5.95 Å². The van der Waals surface area contributed by atoms with Crippen molar-refractivity contribution < 1.29 is 4.74 Å². The van der Waals surface area contributed by atoms with Gasteiger partial charge in [-0.1, -0.05) is 13.8 Å². The highest BCUT2D eigenvalue weighted by molar-refractivity contribution is 5.34. The molecule has 0 amide bonds. The van der Waals surface area contributed by atoms with Gasteiger partial charge in [-0.2, -0.15) is 0 Å². The summed E-state index contributed by atoms with van der Waals surface area (Å²) in [6, 6.07) is 2.78. The summed E-state index contributed by atoms with van der Waals surface area (Å²) in [7, 11) is 0. The first-order valence-electron chi connectivity index (χ1n) is 6.96. The maximum Gasteiger partial charge on any atom is 0.226 e. The molecule has 1 aromatic heterocycles. The van der Waals surface area contributed by atoms with E-state index in [1.807, 2.05) is 19.9 Å². The number of rotatable bonds is 4. The van der Waals surface area contributed by atoms with E-state index in [0.717, 1.165) is 43.6 Å². The van der Waals surface area contributed by atoms with Gasteiger partial charge >= 0.3 is 0 Å². The maximum atomic E-state index is 5.59. The van der Waals surface area contributed by atoms with Crippen LogP contribution in [-0.4, -0.2) is 48.4 Å². The molecule has 1 aliphatic heterocycles. The van der Waals surface area contributed by atoms with Crippen LogP contribution in [0.1, 0.15) is 25.2 Å². The summed E-state index contributed by atoms with van der Waals surface area (Å²) in [6.45, 7) is 11.6. The molecule has 1 aliphatic rings. The largest absolute Gasteiger partial charge is 0.377 e. The molecule has 0 bridgehead atoms. The highest BCUT2D eigenvalue weighted by Gasteiger charge is 2.25. The Hall–Kier alpha value is -1.20. The summed E-state index contributed by atoms with van der Waals surface area (Å²) in [5.74, 6) is 0.830. The number of hydrogen-bond donors (Lipinski definition) is 1. The number of hydrogen-bond acceptors (Lipinski definition) is 5. The third kappa shape index (κ3) is 3.88. The number of anilines is 1. The minimum Gasteiger partial charge on any atom is -0.377 e. The number of aromatic nitrogens is 2. The van der Waals surface area contributed by atoms with Gasteiger partial charge in [0, 0.05) is 30.5 Å². The third-order valence-corrected chi connectivity index (χ3v) is 3.22. The fraction of sp³-hybridized carbons (Fsp3) is 0.714. The van der Waals surface area contributed by atoms with Crippen LogP contribution in [0.5, 0.6) is 0 Å². The number of aryl methyl sites for hydroxylation is 2. The van der Waals surface area contributed by atoms with Crippen molar-refractivity contribution >= 4 is 5.95 Å². The van der Waals surface area contributed by atoms with Gasteiger partial charge in [-0.05, 0) is 19.9 Å². The van der Waals surface area contributed by atoms with E-state index in [0.29, 0.717) is 12.1 Å². The zero-order valence-electron chi connectivity index (χ0n) is 12.3. The monoisotopic (exact) mass is 264 g/mol. The smallest absolute Gasteiger partial charge is 0.226 e. The highest BCUT2D eigenvalue weighted by atomic mass is 16.5. The van der Waals surface area contributed by atoms with E-state index in [1.165, 1.54) is 0 Å². The molecule has 1 saturated heterocycles. The van der Waals surface area contributed by atoms with Crippen LogP contribution >= 0.6 is 0 Å². The number of nitrogens with one attached hydrogen (secondary N) is 1. The van der Waals surface area contributed by atoms with Crippen molar-refractivity contribution in [1.29, 1.82) is 0 Å². The predicted octanol–water partition coefficient (Wildman–Crippen LogP) is 1.30. The topological polar surface area (TPSA) is 50.3 Å². The van der Waals surface area contributed by atoms with Gasteiger partial charge in [0.1, 0.15) is 0 Å². The fourth-order valence-electron chi connectivity index (χ4n) is 2.29. The standard InChI is InChI=1S/C14H24N4O/c1-10(2)15-8-13-9-19-6-5-18(13)14-16-11(3)7-12(4)17-14/h7,10,13,15H,5-6,8-9H2,1-4H3. The SMILES string of the molecule is Cc1cc(C)nc(N2CCOCC2CNC(C)C)n1. The summed E-state index contributed by atoms with van der Waals surface area (Å²) >= 11 is 0. The average molecular weight is 264 g/mol. The van der Waals surface area contributed by atoms with Gasteiger partial charge in [-0.25, -0.2) is 9.97 Å². The van der Waals surface area contributed by atoms with E-state index in [-0.39, 0.29) is 0 Å². The Balaban J connectivity index is 2.13. The van der Waals surface area contributed by atoms with E-state index in [4.69, 9.17) is 4.74 Å². The molecule has 5 nitrogen and oxygen atoms in total. The normalized spacial score (nSPS) is 20.1. The van der Waals surface area contributed by atoms with Crippen LogP contribution in [-0.2, 0) is 4.74 Å². The molecule has 0 saturated carbocycles. The molecule has 1 fully saturated rings. The minimum absolute atomic E-state index is 0.303. The zero-order valence-corrected chi connectivity index (χ0v) is 12.3. The molecule has 0 radical (unpaired) electrons. The van der Waals surface area contributed by atoms with Crippen molar-refractivity contribution in [2.75, 3.05) is 31.2 Å². The molecule has 0 spiro atoms. The van der Waals surface area contributed by atoms with Gasteiger partial charge in [-0.15, -0.1) is 0 Å². The van der Waals surface area contributed by atoms with Crippen LogP contribution < -0.4 is 10.2 Å². The summed E-state index contributed by atoms with van der Waals surface area (Å²) in [4.78, 5) is 11.4. The van der Waals surface area contributed by atoms with E-state index >= 15 is 0 Å². The van der Waals surface area contributed by atoms with Crippen molar-refractivity contribution in [3.8, 4) is 0 Å². The van der Waals surface area contributed by atoms with E-state index < -0.39 is 0 Å². The second kappa shape index (κ2) is 6.30. The number of ether oxygens (including phenoxy) is 1. The van der Waals surface area contributed by atoms with E-state index in [2.05, 4.69) is 34.0 Å². The Morgan fingerprint density at radius 1 is 1.37 bits per heavy atom. The van der Waals surface area contributed by atoms with Crippen molar-refractivity contribution in [1.82, 2.24) is 15.3 Å². The van der Waals surface area contributed by atoms with Crippen LogP contribution in [0.25, 0.3) is 0 Å². The van der Waals surface area contributed by atoms with Crippen LogP contribution in [0, 0.1) is 13.8 Å². The van der Waals surface area contributed by atoms with Crippen LogP contribution in [0.4, 0.5) is 5.95 Å². The summed E-state index contributed by atoms with van der Waals surface area (Å²) in [6.07, 6.45) is 0. The van der Waals surface area contributed by atoms with Crippen LogP contribution in [0.15, 0.2) is 6.07 Å². The average Bonchev–Trinajstić information content (AvgIpc) is 2.35. The Bertz CT molecular complexity index is 402. The first-order chi connectivity index (χ1) is 9.06. The Morgan fingerprint density at radius 3 is 2.68 bits per heavy atom. The lowest BCUT2D eigenvalue weighted by molar-refractivity contribution is 0.0923. The van der Waals surface area contributed by atoms with Gasteiger partial charge in [0.15, 0.2) is 0 Å². The van der Waals surface area contributed by atoms with Gasteiger partial charge in [-0.3, -0.25) is 0 Å². The summed E-state index contributed by atoms with van der Waals surface area (Å²) in [5, 5.41) is 3.47. The van der Waals surface area contributed by atoms with Crippen molar-refractivity contribution in [3.05, 3.63) is 17.5 Å². The molecule has 1 unspecified atom stereocenters. The minimum atomic E-state index is 0.303. The molecule has 106 valence electrons. The Labute approximate surface area is 115 Å². The Kier molecular flexibility index (Phi) is 4.71. The summed E-state index contributed by atoms with van der Waals surface area (Å²) < 4.78 is 5.59. The van der Waals surface area contributed by atoms with Crippen molar-refractivity contribution in [2.45, 2.75) is 39.8 Å². The molecule has 1 N–H and O–H groups in total. The predicted molar refractivity (Wildman–Crippen MR) is 76.6 cm³/mol. The molecular formula is C14H24N4O. The second-order valence-electron chi connectivity index (χ2n) is 5.44. The molecular weight excluding hydrogens is 240 g/mol. The molecule has 0 aromatic carbocycles.